The lowest BCUT2D eigenvalue weighted by molar-refractivity contribution is 0.0683. The third kappa shape index (κ3) is 2.56. The number of nitrogens with zero attached hydrogens (tertiary/aromatic N) is 2. The first-order valence-electron chi connectivity index (χ1n) is 7.00. The van der Waals surface area contributed by atoms with E-state index in [4.69, 9.17) is 17.3 Å². The Hall–Kier alpha value is -0.870. The second-order valence-electron chi connectivity index (χ2n) is 5.65. The smallest absolute Gasteiger partial charge is 0.189 e. The molecule has 5 heteroatoms. The molecule has 0 aliphatic heterocycles. The summed E-state index contributed by atoms with van der Waals surface area (Å²) >= 11 is 6.14. The van der Waals surface area contributed by atoms with Gasteiger partial charge in [-0.3, -0.25) is 9.48 Å². The van der Waals surface area contributed by atoms with E-state index in [9.17, 15) is 4.79 Å². The van der Waals surface area contributed by atoms with Crippen LogP contribution in [0.2, 0.25) is 5.02 Å². The molecule has 0 aromatic carbocycles. The summed E-state index contributed by atoms with van der Waals surface area (Å²) in [6, 6.07) is 0. The van der Waals surface area contributed by atoms with Crippen molar-refractivity contribution in [1.29, 1.82) is 0 Å². The minimum absolute atomic E-state index is 0.0752. The highest BCUT2D eigenvalue weighted by atomic mass is 35.5. The maximum absolute atomic E-state index is 12.9. The van der Waals surface area contributed by atoms with E-state index in [0.29, 0.717) is 29.7 Å². The number of hydrogen-bond donors (Lipinski definition) is 1. The molecule has 2 N–H and O–H groups in total. The van der Waals surface area contributed by atoms with Crippen LogP contribution in [0.5, 0.6) is 0 Å². The summed E-state index contributed by atoms with van der Waals surface area (Å²) in [7, 11) is 0. The number of nitrogens with two attached hydrogens (primary N) is 1. The maximum Gasteiger partial charge on any atom is 0.189 e. The van der Waals surface area contributed by atoms with Crippen LogP contribution in [0, 0.1) is 11.3 Å². The van der Waals surface area contributed by atoms with Gasteiger partial charge < -0.3 is 5.73 Å². The monoisotopic (exact) mass is 283 g/mol. The topological polar surface area (TPSA) is 60.9 Å². The number of carbonyl (C=O) groups is 1. The maximum atomic E-state index is 12.9. The Bertz CT molecular complexity index is 461. The molecule has 0 atom stereocenters. The van der Waals surface area contributed by atoms with Crippen LogP contribution in [-0.2, 0) is 6.54 Å². The number of aromatic nitrogens is 2. The van der Waals surface area contributed by atoms with Gasteiger partial charge in [0.05, 0.1) is 11.2 Å². The van der Waals surface area contributed by atoms with E-state index in [0.717, 1.165) is 25.7 Å². The summed E-state index contributed by atoms with van der Waals surface area (Å²) in [5.41, 5.74) is 6.03. The number of aryl methyl sites for hydroxylation is 1. The quantitative estimate of drug-likeness (QED) is 0.864. The van der Waals surface area contributed by atoms with Gasteiger partial charge in [-0.15, -0.1) is 0 Å². The van der Waals surface area contributed by atoms with Gasteiger partial charge in [0.2, 0.25) is 0 Å². The summed E-state index contributed by atoms with van der Waals surface area (Å²) in [6.07, 6.45) is 5.37. The van der Waals surface area contributed by atoms with Crippen LogP contribution in [0.3, 0.4) is 0 Å². The summed E-state index contributed by atoms with van der Waals surface area (Å²) in [6.45, 7) is 5.22. The summed E-state index contributed by atoms with van der Waals surface area (Å²) in [5, 5.41) is 4.60. The number of ketones is 1. The Morgan fingerprint density at radius 1 is 1.58 bits per heavy atom. The van der Waals surface area contributed by atoms with Gasteiger partial charge in [-0.25, -0.2) is 0 Å². The van der Waals surface area contributed by atoms with Crippen molar-refractivity contribution in [2.75, 3.05) is 6.54 Å². The van der Waals surface area contributed by atoms with Crippen LogP contribution in [-0.4, -0.2) is 22.1 Å². The molecular weight excluding hydrogens is 262 g/mol. The first kappa shape index (κ1) is 14.5. The molecule has 1 aliphatic carbocycles. The van der Waals surface area contributed by atoms with E-state index >= 15 is 0 Å². The van der Waals surface area contributed by atoms with Crippen molar-refractivity contribution < 1.29 is 4.79 Å². The van der Waals surface area contributed by atoms with Crippen molar-refractivity contribution >= 4 is 17.4 Å². The third-order valence-electron chi connectivity index (χ3n) is 4.41. The molecule has 106 valence electrons. The van der Waals surface area contributed by atoms with Crippen LogP contribution in [0.25, 0.3) is 0 Å². The van der Waals surface area contributed by atoms with E-state index in [1.165, 1.54) is 0 Å². The molecule has 1 saturated carbocycles. The van der Waals surface area contributed by atoms with Gasteiger partial charge in [0.15, 0.2) is 5.78 Å². The van der Waals surface area contributed by atoms with Crippen LogP contribution >= 0.6 is 11.6 Å². The van der Waals surface area contributed by atoms with Crippen LogP contribution in [0.1, 0.15) is 50.0 Å². The molecule has 4 nitrogen and oxygen atoms in total. The summed E-state index contributed by atoms with van der Waals surface area (Å²) in [5.74, 6) is 0.755. The Morgan fingerprint density at radius 3 is 2.74 bits per heavy atom. The molecular formula is C14H22ClN3O. The lowest BCUT2D eigenvalue weighted by Crippen LogP contribution is -2.42. The fourth-order valence-electron chi connectivity index (χ4n) is 2.92. The fourth-order valence-corrected chi connectivity index (χ4v) is 3.14. The molecule has 19 heavy (non-hydrogen) atoms. The van der Waals surface area contributed by atoms with E-state index in [2.05, 4.69) is 12.0 Å². The highest BCUT2D eigenvalue weighted by molar-refractivity contribution is 6.33. The molecule has 2 rings (SSSR count). The van der Waals surface area contributed by atoms with Crippen LogP contribution < -0.4 is 5.73 Å². The Labute approximate surface area is 119 Å². The van der Waals surface area contributed by atoms with Crippen molar-refractivity contribution in [3.05, 3.63) is 16.9 Å². The lowest BCUT2D eigenvalue weighted by atomic mass is 9.67. The highest BCUT2D eigenvalue weighted by Crippen LogP contribution is 2.41. The SMILES string of the molecule is CCn1ncc(Cl)c1C(=O)C1(CN)CCC(C)CC1. The molecule has 1 fully saturated rings. The van der Waals surface area contributed by atoms with Crippen molar-refractivity contribution in [1.82, 2.24) is 9.78 Å². The van der Waals surface area contributed by atoms with Crippen molar-refractivity contribution in [2.45, 2.75) is 46.1 Å². The Kier molecular flexibility index (Phi) is 4.31. The number of rotatable bonds is 4. The van der Waals surface area contributed by atoms with Crippen LogP contribution in [0.15, 0.2) is 6.20 Å². The molecule has 1 aromatic rings. The second kappa shape index (κ2) is 5.63. The average molecular weight is 284 g/mol. The van der Waals surface area contributed by atoms with E-state index < -0.39 is 5.41 Å². The van der Waals surface area contributed by atoms with Crippen LogP contribution in [0.4, 0.5) is 0 Å². The molecule has 0 amide bonds. The highest BCUT2D eigenvalue weighted by Gasteiger charge is 2.42. The van der Waals surface area contributed by atoms with Crippen molar-refractivity contribution in [3.8, 4) is 0 Å². The van der Waals surface area contributed by atoms with Gasteiger partial charge in [0.1, 0.15) is 5.69 Å². The van der Waals surface area contributed by atoms with Crippen molar-refractivity contribution in [3.63, 3.8) is 0 Å². The number of halogens is 1. The number of Topliss-reactive ketones (excluding diaryl/α,β-unsaturated/α-hetero) is 1. The predicted octanol–water partition coefficient (Wildman–Crippen LogP) is 2.89. The van der Waals surface area contributed by atoms with Gasteiger partial charge in [0.25, 0.3) is 0 Å². The molecule has 1 aromatic heterocycles. The molecule has 0 unspecified atom stereocenters. The molecule has 0 bridgehead atoms. The van der Waals surface area contributed by atoms with E-state index in [1.54, 1.807) is 10.9 Å². The van der Waals surface area contributed by atoms with Crippen molar-refractivity contribution in [2.24, 2.45) is 17.1 Å². The largest absolute Gasteiger partial charge is 0.329 e. The van der Waals surface area contributed by atoms with Gasteiger partial charge in [-0.1, -0.05) is 18.5 Å². The fraction of sp³-hybridized carbons (Fsp3) is 0.714. The zero-order chi connectivity index (χ0) is 14.0. The Balaban J connectivity index is 2.33. The van der Waals surface area contributed by atoms with Gasteiger partial charge >= 0.3 is 0 Å². The molecule has 0 radical (unpaired) electrons. The first-order valence-corrected chi connectivity index (χ1v) is 7.38. The molecule has 1 aliphatic rings. The predicted molar refractivity (Wildman–Crippen MR) is 76.4 cm³/mol. The first-order chi connectivity index (χ1) is 9.04. The normalized spacial score (nSPS) is 27.5. The zero-order valence-electron chi connectivity index (χ0n) is 11.7. The van der Waals surface area contributed by atoms with E-state index in [-0.39, 0.29) is 5.78 Å². The van der Waals surface area contributed by atoms with Gasteiger partial charge in [0, 0.05) is 18.5 Å². The second-order valence-corrected chi connectivity index (χ2v) is 6.06. The summed E-state index contributed by atoms with van der Waals surface area (Å²) in [4.78, 5) is 12.9. The zero-order valence-corrected chi connectivity index (χ0v) is 12.4. The molecule has 0 saturated heterocycles. The number of hydrogen-bond acceptors (Lipinski definition) is 3. The van der Waals surface area contributed by atoms with Gasteiger partial charge in [-0.05, 0) is 38.5 Å². The minimum atomic E-state index is -0.441. The molecule has 0 spiro atoms. The number of carbonyl (C=O) groups excluding carboxylic acids is 1. The standard InChI is InChI=1S/C14H22ClN3O/c1-3-18-12(11(15)8-17-18)13(19)14(9-16)6-4-10(2)5-7-14/h8,10H,3-7,9,16H2,1-2H3. The Morgan fingerprint density at radius 2 is 2.21 bits per heavy atom. The lowest BCUT2D eigenvalue weighted by Gasteiger charge is -2.37. The average Bonchev–Trinajstić information content (AvgIpc) is 2.80. The van der Waals surface area contributed by atoms with E-state index in [1.807, 2.05) is 6.92 Å². The van der Waals surface area contributed by atoms with Gasteiger partial charge in [-0.2, -0.15) is 5.10 Å². The minimum Gasteiger partial charge on any atom is -0.329 e. The third-order valence-corrected chi connectivity index (χ3v) is 4.69. The molecule has 1 heterocycles. The summed E-state index contributed by atoms with van der Waals surface area (Å²) < 4.78 is 1.68.